The standard InChI is InChI=1S/C16H12Br2N2/c17-11-3-1-5-13-9(11)7-15(20-13)10-8-19-14-6-2-4-12(18)16(10)14/h1-6,8,15,19-20H,7H2. The molecular weight excluding hydrogens is 380 g/mol. The van der Waals surface area contributed by atoms with E-state index in [1.165, 1.54) is 32.2 Å². The summed E-state index contributed by atoms with van der Waals surface area (Å²) in [7, 11) is 0. The van der Waals surface area contributed by atoms with E-state index in [-0.39, 0.29) is 0 Å². The molecule has 0 aliphatic carbocycles. The molecule has 0 saturated heterocycles. The van der Waals surface area contributed by atoms with Crippen molar-refractivity contribution in [3.05, 3.63) is 62.7 Å². The van der Waals surface area contributed by atoms with Crippen LogP contribution in [0.4, 0.5) is 5.69 Å². The summed E-state index contributed by atoms with van der Waals surface area (Å²) in [4.78, 5) is 3.37. The van der Waals surface area contributed by atoms with Gasteiger partial charge >= 0.3 is 0 Å². The van der Waals surface area contributed by atoms with Gasteiger partial charge in [-0.25, -0.2) is 0 Å². The Labute approximate surface area is 133 Å². The Morgan fingerprint density at radius 1 is 1.00 bits per heavy atom. The van der Waals surface area contributed by atoms with Crippen LogP contribution in [0.15, 0.2) is 51.5 Å². The predicted octanol–water partition coefficient (Wildman–Crippen LogP) is 5.40. The quantitative estimate of drug-likeness (QED) is 0.570. The Balaban J connectivity index is 1.82. The number of H-pyrrole nitrogens is 1. The number of aromatic amines is 1. The SMILES string of the molecule is Brc1cccc2c1CC(c1c[nH]c3cccc(Br)c13)N2. The molecule has 100 valence electrons. The molecule has 0 fully saturated rings. The monoisotopic (exact) mass is 390 g/mol. The van der Waals surface area contributed by atoms with Gasteiger partial charge in [0.15, 0.2) is 0 Å². The zero-order valence-electron chi connectivity index (χ0n) is 10.6. The lowest BCUT2D eigenvalue weighted by Crippen LogP contribution is -2.04. The van der Waals surface area contributed by atoms with E-state index in [9.17, 15) is 0 Å². The van der Waals surface area contributed by atoms with Crippen LogP contribution in [0.25, 0.3) is 10.9 Å². The van der Waals surface area contributed by atoms with E-state index in [4.69, 9.17) is 0 Å². The minimum Gasteiger partial charge on any atom is -0.378 e. The third-order valence-electron chi connectivity index (χ3n) is 3.92. The van der Waals surface area contributed by atoms with Crippen molar-refractivity contribution in [2.24, 2.45) is 0 Å². The van der Waals surface area contributed by atoms with Gasteiger partial charge in [0.05, 0.1) is 6.04 Å². The van der Waals surface area contributed by atoms with Crippen molar-refractivity contribution in [2.45, 2.75) is 12.5 Å². The molecule has 1 aromatic heterocycles. The van der Waals surface area contributed by atoms with Crippen molar-refractivity contribution in [1.82, 2.24) is 4.98 Å². The lowest BCUT2D eigenvalue weighted by Gasteiger charge is -2.11. The van der Waals surface area contributed by atoms with E-state index in [1.807, 2.05) is 0 Å². The average Bonchev–Trinajstić information content (AvgIpc) is 3.03. The Kier molecular flexibility index (Phi) is 2.89. The van der Waals surface area contributed by atoms with Gasteiger partial charge < -0.3 is 10.3 Å². The van der Waals surface area contributed by atoms with Crippen LogP contribution in [-0.4, -0.2) is 4.98 Å². The summed E-state index contributed by atoms with van der Waals surface area (Å²) in [6, 6.07) is 12.9. The van der Waals surface area contributed by atoms with Crippen molar-refractivity contribution in [3.63, 3.8) is 0 Å². The van der Waals surface area contributed by atoms with Crippen LogP contribution in [-0.2, 0) is 6.42 Å². The molecule has 4 heteroatoms. The summed E-state index contributed by atoms with van der Waals surface area (Å²) >= 11 is 7.31. The first-order valence-electron chi connectivity index (χ1n) is 6.53. The normalized spacial score (nSPS) is 17.2. The lowest BCUT2D eigenvalue weighted by atomic mass is 10.0. The first-order valence-corrected chi connectivity index (χ1v) is 8.12. The summed E-state index contributed by atoms with van der Waals surface area (Å²) < 4.78 is 2.33. The predicted molar refractivity (Wildman–Crippen MR) is 90.2 cm³/mol. The molecule has 2 heterocycles. The largest absolute Gasteiger partial charge is 0.378 e. The minimum absolute atomic E-state index is 0.316. The van der Waals surface area contributed by atoms with E-state index in [2.05, 4.69) is 84.8 Å². The highest BCUT2D eigenvalue weighted by Crippen LogP contribution is 2.41. The molecule has 0 bridgehead atoms. The number of fused-ring (bicyclic) bond motifs is 2. The topological polar surface area (TPSA) is 27.8 Å². The first kappa shape index (κ1) is 12.5. The van der Waals surface area contributed by atoms with Crippen molar-refractivity contribution >= 4 is 48.5 Å². The second kappa shape index (κ2) is 4.64. The van der Waals surface area contributed by atoms with E-state index in [0.717, 1.165) is 10.9 Å². The van der Waals surface area contributed by atoms with Gasteiger partial charge in [0.2, 0.25) is 0 Å². The second-order valence-electron chi connectivity index (χ2n) is 5.07. The molecule has 3 aromatic rings. The molecular formula is C16H12Br2N2. The lowest BCUT2D eigenvalue weighted by molar-refractivity contribution is 0.829. The number of anilines is 1. The Morgan fingerprint density at radius 3 is 2.65 bits per heavy atom. The molecule has 1 atom stereocenters. The smallest absolute Gasteiger partial charge is 0.0576 e. The molecule has 1 aliphatic heterocycles. The van der Waals surface area contributed by atoms with Crippen LogP contribution in [0.3, 0.4) is 0 Å². The maximum atomic E-state index is 3.67. The van der Waals surface area contributed by atoms with Gasteiger partial charge in [0.1, 0.15) is 0 Å². The Morgan fingerprint density at radius 2 is 1.80 bits per heavy atom. The fourth-order valence-electron chi connectivity index (χ4n) is 2.97. The Bertz CT molecular complexity index is 807. The fourth-order valence-corrected chi connectivity index (χ4v) is 4.10. The highest BCUT2D eigenvalue weighted by atomic mass is 79.9. The zero-order valence-corrected chi connectivity index (χ0v) is 13.8. The van der Waals surface area contributed by atoms with E-state index in [1.54, 1.807) is 0 Å². The third-order valence-corrected chi connectivity index (χ3v) is 5.32. The molecule has 2 aromatic carbocycles. The van der Waals surface area contributed by atoms with E-state index in [0.29, 0.717) is 6.04 Å². The number of aromatic nitrogens is 1. The molecule has 0 spiro atoms. The fraction of sp³-hybridized carbons (Fsp3) is 0.125. The molecule has 20 heavy (non-hydrogen) atoms. The van der Waals surface area contributed by atoms with Crippen molar-refractivity contribution in [1.29, 1.82) is 0 Å². The third kappa shape index (κ3) is 1.82. The zero-order chi connectivity index (χ0) is 13.7. The van der Waals surface area contributed by atoms with Gasteiger partial charge in [-0.2, -0.15) is 0 Å². The molecule has 0 saturated carbocycles. The molecule has 1 aliphatic rings. The van der Waals surface area contributed by atoms with Crippen LogP contribution in [0.2, 0.25) is 0 Å². The maximum Gasteiger partial charge on any atom is 0.0576 e. The number of benzene rings is 2. The van der Waals surface area contributed by atoms with Gasteiger partial charge in [0.25, 0.3) is 0 Å². The number of hydrogen-bond donors (Lipinski definition) is 2. The van der Waals surface area contributed by atoms with Crippen LogP contribution in [0.5, 0.6) is 0 Å². The number of rotatable bonds is 1. The van der Waals surface area contributed by atoms with Crippen LogP contribution >= 0.6 is 31.9 Å². The minimum atomic E-state index is 0.316. The summed E-state index contributed by atoms with van der Waals surface area (Å²) in [5.41, 5.74) is 5.08. The van der Waals surface area contributed by atoms with Crippen LogP contribution < -0.4 is 5.32 Å². The van der Waals surface area contributed by atoms with Gasteiger partial charge in [-0.3, -0.25) is 0 Å². The van der Waals surface area contributed by atoms with Crippen LogP contribution in [0, 0.1) is 0 Å². The summed E-state index contributed by atoms with van der Waals surface area (Å²) in [5, 5.41) is 4.90. The van der Waals surface area contributed by atoms with Crippen LogP contribution in [0.1, 0.15) is 17.2 Å². The molecule has 1 unspecified atom stereocenters. The summed E-state index contributed by atoms with van der Waals surface area (Å²) in [5.74, 6) is 0. The van der Waals surface area contributed by atoms with E-state index >= 15 is 0 Å². The average molecular weight is 392 g/mol. The molecule has 2 N–H and O–H groups in total. The molecule has 4 rings (SSSR count). The van der Waals surface area contributed by atoms with E-state index < -0.39 is 0 Å². The van der Waals surface area contributed by atoms with Gasteiger partial charge in [0, 0.05) is 37.3 Å². The van der Waals surface area contributed by atoms with Crippen molar-refractivity contribution in [3.8, 4) is 0 Å². The Hall–Kier alpha value is -1.26. The molecule has 2 nitrogen and oxygen atoms in total. The summed E-state index contributed by atoms with van der Waals surface area (Å²) in [6.07, 6.45) is 3.12. The molecule has 0 radical (unpaired) electrons. The number of hydrogen-bond acceptors (Lipinski definition) is 1. The highest BCUT2D eigenvalue weighted by molar-refractivity contribution is 9.11. The first-order chi connectivity index (χ1) is 9.74. The number of halogens is 2. The summed E-state index contributed by atoms with van der Waals surface area (Å²) in [6.45, 7) is 0. The van der Waals surface area contributed by atoms with Gasteiger partial charge in [-0.15, -0.1) is 0 Å². The highest BCUT2D eigenvalue weighted by Gasteiger charge is 2.26. The maximum absolute atomic E-state index is 3.67. The molecule has 0 amide bonds. The second-order valence-corrected chi connectivity index (χ2v) is 6.78. The van der Waals surface area contributed by atoms with Gasteiger partial charge in [-0.1, -0.05) is 44.0 Å². The van der Waals surface area contributed by atoms with Crippen molar-refractivity contribution < 1.29 is 0 Å². The van der Waals surface area contributed by atoms with Gasteiger partial charge in [-0.05, 0) is 36.2 Å². The van der Waals surface area contributed by atoms with Crippen molar-refractivity contribution in [2.75, 3.05) is 5.32 Å². The number of nitrogens with one attached hydrogen (secondary N) is 2.